The molecule has 0 spiro atoms. The molecule has 4 heteroatoms. The summed E-state index contributed by atoms with van der Waals surface area (Å²) in [6, 6.07) is 1.70. The first-order valence-electron chi connectivity index (χ1n) is 5.13. The average Bonchev–Trinajstić information content (AvgIpc) is 3.09. The van der Waals surface area contributed by atoms with Crippen LogP contribution in [0, 0.1) is 0 Å². The highest BCUT2D eigenvalue weighted by atomic mass is 19.1. The Labute approximate surface area is 87.9 Å². The molecule has 1 saturated carbocycles. The average molecular weight is 211 g/mol. The van der Waals surface area contributed by atoms with Gasteiger partial charge in [0.05, 0.1) is 12.3 Å². The predicted octanol–water partition coefficient (Wildman–Crippen LogP) is 1.80. The summed E-state index contributed by atoms with van der Waals surface area (Å²) < 4.78 is 17.3. The van der Waals surface area contributed by atoms with E-state index < -0.39 is 6.67 Å². The van der Waals surface area contributed by atoms with Crippen molar-refractivity contribution in [3.63, 3.8) is 0 Å². The zero-order valence-corrected chi connectivity index (χ0v) is 8.45. The Bertz CT molecular complexity index is 339. The minimum Gasteiger partial charge on any atom is -0.490 e. The molecule has 3 nitrogen and oxygen atoms in total. The SMILES string of the molecule is OCc1cc(OCCF)c(C2CC2)cn1. The van der Waals surface area contributed by atoms with Crippen LogP contribution in [-0.2, 0) is 6.61 Å². The Morgan fingerprint density at radius 1 is 1.53 bits per heavy atom. The molecule has 1 N–H and O–H groups in total. The van der Waals surface area contributed by atoms with Gasteiger partial charge < -0.3 is 9.84 Å². The molecule has 82 valence electrons. The molecule has 1 aromatic rings. The lowest BCUT2D eigenvalue weighted by molar-refractivity contribution is 0.263. The van der Waals surface area contributed by atoms with Gasteiger partial charge in [-0.15, -0.1) is 0 Å². The van der Waals surface area contributed by atoms with Gasteiger partial charge in [-0.25, -0.2) is 4.39 Å². The van der Waals surface area contributed by atoms with E-state index in [0.717, 1.165) is 18.4 Å². The molecule has 1 fully saturated rings. The van der Waals surface area contributed by atoms with Gasteiger partial charge in [0, 0.05) is 17.8 Å². The van der Waals surface area contributed by atoms with Crippen LogP contribution in [0.25, 0.3) is 0 Å². The number of halogens is 1. The fraction of sp³-hybridized carbons (Fsp3) is 0.545. The highest BCUT2D eigenvalue weighted by molar-refractivity contribution is 5.38. The van der Waals surface area contributed by atoms with Crippen molar-refractivity contribution in [3.8, 4) is 5.75 Å². The number of hydrogen-bond donors (Lipinski definition) is 1. The molecule has 0 radical (unpaired) electrons. The van der Waals surface area contributed by atoms with Crippen LogP contribution in [0.2, 0.25) is 0 Å². The van der Waals surface area contributed by atoms with E-state index in [0.29, 0.717) is 17.4 Å². The maximum Gasteiger partial charge on any atom is 0.126 e. The van der Waals surface area contributed by atoms with Crippen molar-refractivity contribution in [2.24, 2.45) is 0 Å². The summed E-state index contributed by atoms with van der Waals surface area (Å²) in [6.45, 7) is -0.549. The molecule has 0 atom stereocenters. The number of hydrogen-bond acceptors (Lipinski definition) is 3. The van der Waals surface area contributed by atoms with Gasteiger partial charge in [0.15, 0.2) is 0 Å². The quantitative estimate of drug-likeness (QED) is 0.807. The van der Waals surface area contributed by atoms with Crippen LogP contribution in [0.1, 0.15) is 30.0 Å². The maximum atomic E-state index is 12.0. The maximum absolute atomic E-state index is 12.0. The van der Waals surface area contributed by atoms with Gasteiger partial charge in [0.25, 0.3) is 0 Å². The van der Waals surface area contributed by atoms with E-state index in [9.17, 15) is 4.39 Å². The third-order valence-corrected chi connectivity index (χ3v) is 2.47. The van der Waals surface area contributed by atoms with Crippen molar-refractivity contribution in [1.29, 1.82) is 0 Å². The number of aliphatic hydroxyl groups excluding tert-OH is 1. The molecule has 0 amide bonds. The number of aliphatic hydroxyl groups is 1. The third kappa shape index (κ3) is 2.45. The van der Waals surface area contributed by atoms with E-state index in [1.807, 2.05) is 0 Å². The Balaban J connectivity index is 2.20. The largest absolute Gasteiger partial charge is 0.490 e. The topological polar surface area (TPSA) is 42.4 Å². The van der Waals surface area contributed by atoms with Crippen LogP contribution in [-0.4, -0.2) is 23.4 Å². The molecule has 1 heterocycles. The van der Waals surface area contributed by atoms with Crippen molar-refractivity contribution in [3.05, 3.63) is 23.5 Å². The fourth-order valence-corrected chi connectivity index (χ4v) is 1.55. The summed E-state index contributed by atoms with van der Waals surface area (Å²) in [5.74, 6) is 1.19. The van der Waals surface area contributed by atoms with Gasteiger partial charge in [0.2, 0.25) is 0 Å². The molecule has 0 bridgehead atoms. The first-order valence-corrected chi connectivity index (χ1v) is 5.13. The summed E-state index contributed by atoms with van der Waals surface area (Å²) >= 11 is 0. The molecule has 0 unspecified atom stereocenters. The predicted molar refractivity (Wildman–Crippen MR) is 53.6 cm³/mol. The lowest BCUT2D eigenvalue weighted by Crippen LogP contribution is -2.03. The Morgan fingerprint density at radius 2 is 2.33 bits per heavy atom. The number of pyridine rings is 1. The second-order valence-corrected chi connectivity index (χ2v) is 3.68. The molecule has 2 rings (SSSR count). The van der Waals surface area contributed by atoms with E-state index in [2.05, 4.69) is 4.98 Å². The number of rotatable bonds is 5. The first-order chi connectivity index (χ1) is 7.35. The van der Waals surface area contributed by atoms with E-state index in [4.69, 9.17) is 9.84 Å². The monoisotopic (exact) mass is 211 g/mol. The molecular formula is C11H14FNO2. The standard InChI is InChI=1S/C11H14FNO2/c12-3-4-15-11-5-9(7-14)13-6-10(11)8-1-2-8/h5-6,8,14H,1-4,7H2. The van der Waals surface area contributed by atoms with Crippen LogP contribution in [0.4, 0.5) is 4.39 Å². The second-order valence-electron chi connectivity index (χ2n) is 3.68. The molecular weight excluding hydrogens is 197 g/mol. The minimum atomic E-state index is -0.499. The van der Waals surface area contributed by atoms with Crippen LogP contribution < -0.4 is 4.74 Å². The lowest BCUT2D eigenvalue weighted by atomic mass is 10.1. The number of ether oxygens (including phenoxy) is 1. The number of alkyl halides is 1. The molecule has 1 aliphatic rings. The Hall–Kier alpha value is -1.16. The molecule has 15 heavy (non-hydrogen) atoms. The summed E-state index contributed by atoms with van der Waals surface area (Å²) in [5, 5.41) is 8.94. The minimum absolute atomic E-state index is 0.0641. The smallest absolute Gasteiger partial charge is 0.126 e. The Kier molecular flexibility index (Phi) is 3.16. The van der Waals surface area contributed by atoms with Crippen LogP contribution >= 0.6 is 0 Å². The van der Waals surface area contributed by atoms with Crippen LogP contribution in [0.15, 0.2) is 12.3 Å². The first kappa shape index (κ1) is 10.4. The van der Waals surface area contributed by atoms with Gasteiger partial charge >= 0.3 is 0 Å². The fourth-order valence-electron chi connectivity index (χ4n) is 1.55. The van der Waals surface area contributed by atoms with Crippen molar-refractivity contribution >= 4 is 0 Å². The summed E-state index contributed by atoms with van der Waals surface area (Å²) in [4.78, 5) is 4.10. The van der Waals surface area contributed by atoms with Crippen molar-refractivity contribution in [2.45, 2.75) is 25.4 Å². The molecule has 1 aliphatic carbocycles. The zero-order chi connectivity index (χ0) is 10.7. The van der Waals surface area contributed by atoms with E-state index in [-0.39, 0.29) is 13.2 Å². The van der Waals surface area contributed by atoms with Gasteiger partial charge in [-0.1, -0.05) is 0 Å². The normalized spacial score (nSPS) is 15.3. The zero-order valence-electron chi connectivity index (χ0n) is 8.45. The summed E-state index contributed by atoms with van der Waals surface area (Å²) in [7, 11) is 0. The highest BCUT2D eigenvalue weighted by Gasteiger charge is 2.27. The highest BCUT2D eigenvalue weighted by Crippen LogP contribution is 2.44. The van der Waals surface area contributed by atoms with Gasteiger partial charge in [-0.3, -0.25) is 4.98 Å². The number of aromatic nitrogens is 1. The van der Waals surface area contributed by atoms with Gasteiger partial charge in [-0.2, -0.15) is 0 Å². The van der Waals surface area contributed by atoms with E-state index in [1.165, 1.54) is 0 Å². The van der Waals surface area contributed by atoms with Crippen LogP contribution in [0.5, 0.6) is 5.75 Å². The summed E-state index contributed by atoms with van der Waals surface area (Å²) in [6.07, 6.45) is 4.02. The van der Waals surface area contributed by atoms with Crippen LogP contribution in [0.3, 0.4) is 0 Å². The van der Waals surface area contributed by atoms with Crippen molar-refractivity contribution < 1.29 is 14.2 Å². The molecule has 0 saturated heterocycles. The van der Waals surface area contributed by atoms with E-state index in [1.54, 1.807) is 12.3 Å². The second kappa shape index (κ2) is 4.57. The molecule has 0 aliphatic heterocycles. The van der Waals surface area contributed by atoms with Crippen molar-refractivity contribution in [2.75, 3.05) is 13.3 Å². The van der Waals surface area contributed by atoms with Gasteiger partial charge in [-0.05, 0) is 18.8 Å². The molecule has 0 aromatic carbocycles. The number of nitrogens with zero attached hydrogens (tertiary/aromatic N) is 1. The van der Waals surface area contributed by atoms with Gasteiger partial charge in [0.1, 0.15) is 19.0 Å². The third-order valence-electron chi connectivity index (χ3n) is 2.47. The molecule has 1 aromatic heterocycles. The Morgan fingerprint density at radius 3 is 2.93 bits per heavy atom. The van der Waals surface area contributed by atoms with Crippen molar-refractivity contribution in [1.82, 2.24) is 4.98 Å². The summed E-state index contributed by atoms with van der Waals surface area (Å²) in [5.41, 5.74) is 1.61. The lowest BCUT2D eigenvalue weighted by Gasteiger charge is -2.10. The van der Waals surface area contributed by atoms with E-state index >= 15 is 0 Å².